The maximum atomic E-state index is 13.0. The second-order valence-corrected chi connectivity index (χ2v) is 11.3. The van der Waals surface area contributed by atoms with Crippen molar-refractivity contribution >= 4 is 41.3 Å². The largest absolute Gasteiger partial charge is 0.542 e. The minimum Gasteiger partial charge on any atom is -0.542 e. The minimum atomic E-state index is -5.19. The van der Waals surface area contributed by atoms with Crippen LogP contribution in [-0.4, -0.2) is 106 Å². The zero-order valence-electron chi connectivity index (χ0n) is 25.2. The molecule has 4 rings (SSSR count). The fraction of sp³-hybridized carbons (Fsp3) is 0.552. The van der Waals surface area contributed by atoms with E-state index in [1.165, 1.54) is 0 Å². The first kappa shape index (κ1) is 35.9. The van der Waals surface area contributed by atoms with Gasteiger partial charge in [-0.3, -0.25) is 19.2 Å². The molecule has 17 heteroatoms. The van der Waals surface area contributed by atoms with Gasteiger partial charge >= 0.3 is 12.1 Å². The molecule has 0 aromatic heterocycles. The van der Waals surface area contributed by atoms with Crippen LogP contribution in [0.5, 0.6) is 0 Å². The van der Waals surface area contributed by atoms with Gasteiger partial charge in [-0.15, -0.1) is 5.06 Å². The van der Waals surface area contributed by atoms with E-state index in [0.717, 1.165) is 31.2 Å². The lowest BCUT2D eigenvalue weighted by molar-refractivity contribution is -0.922. The Bertz CT molecular complexity index is 1340. The molecule has 14 nitrogen and oxygen atoms in total. The molecule has 2 atom stereocenters. The number of nitrogens with one attached hydrogen (secondary N) is 1. The third-order valence-electron chi connectivity index (χ3n) is 7.77. The number of quaternary nitrogens is 1. The van der Waals surface area contributed by atoms with Crippen molar-refractivity contribution in [3.8, 4) is 0 Å². The molecular weight excluding hydrogens is 619 g/mol. The number of benzene rings is 1. The number of amides is 4. The van der Waals surface area contributed by atoms with Crippen LogP contribution in [0.2, 0.25) is 0 Å². The highest BCUT2D eigenvalue weighted by Gasteiger charge is 2.53. The van der Waals surface area contributed by atoms with E-state index in [-0.39, 0.29) is 43.7 Å². The average molecular weight is 656 g/mol. The summed E-state index contributed by atoms with van der Waals surface area (Å²) < 4.78 is 32.0. The summed E-state index contributed by atoms with van der Waals surface area (Å²) in [5.41, 5.74) is 2.00. The molecule has 252 valence electrons. The van der Waals surface area contributed by atoms with E-state index in [4.69, 9.17) is 14.7 Å². The van der Waals surface area contributed by atoms with Crippen molar-refractivity contribution in [2.75, 3.05) is 32.7 Å². The maximum absolute atomic E-state index is 13.0. The third-order valence-corrected chi connectivity index (χ3v) is 7.77. The fourth-order valence-electron chi connectivity index (χ4n) is 5.53. The van der Waals surface area contributed by atoms with Gasteiger partial charge in [-0.05, 0) is 18.6 Å². The number of piperazine rings is 1. The summed E-state index contributed by atoms with van der Waals surface area (Å²) in [5, 5.41) is 25.1. The van der Waals surface area contributed by atoms with Gasteiger partial charge in [0, 0.05) is 37.1 Å². The summed E-state index contributed by atoms with van der Waals surface area (Å²) in [4.78, 5) is 75.9. The number of fused-ring (bicyclic) bond motifs is 2. The number of rotatable bonds is 12. The van der Waals surface area contributed by atoms with Crippen molar-refractivity contribution in [1.82, 2.24) is 15.3 Å². The molecule has 0 spiro atoms. The van der Waals surface area contributed by atoms with Crippen LogP contribution >= 0.6 is 0 Å². The van der Waals surface area contributed by atoms with E-state index in [1.54, 1.807) is 12.1 Å². The van der Waals surface area contributed by atoms with Crippen LogP contribution in [-0.2, 0) is 35.4 Å². The number of carbonyl (C=O) groups excluding carboxylic acids is 6. The highest BCUT2D eigenvalue weighted by molar-refractivity contribution is 6.01. The molecule has 4 amide bonds. The number of aliphatic carboxylic acids is 1. The van der Waals surface area contributed by atoms with Crippen LogP contribution in [0.3, 0.4) is 0 Å². The van der Waals surface area contributed by atoms with Crippen LogP contribution < -0.4 is 10.4 Å². The normalized spacial score (nSPS) is 21.7. The van der Waals surface area contributed by atoms with Crippen molar-refractivity contribution < 1.29 is 61.6 Å². The monoisotopic (exact) mass is 655 g/mol. The van der Waals surface area contributed by atoms with Gasteiger partial charge in [-0.1, -0.05) is 43.5 Å². The van der Waals surface area contributed by atoms with Gasteiger partial charge in [-0.25, -0.2) is 4.79 Å². The van der Waals surface area contributed by atoms with Gasteiger partial charge in [0.1, 0.15) is 37.4 Å². The van der Waals surface area contributed by atoms with Crippen molar-refractivity contribution in [2.24, 2.45) is 5.16 Å². The number of imide groups is 1. The molecule has 0 saturated carbocycles. The standard InChI is InChI=1S/C27H35N5O7.C2HF3O2/c1-2-3-4-5-14-30-22-17-32(18-25(30)35,16-21(22)29-38)15-19-6-8-20(9-7-19)27(37)28-13-12-26(36)39-31-23(33)10-11-24(31)34;3-2(4,5)1(6)7/h6-9,22H,2-5,10-18H2,1H3,(H-,28,37,38);(H,6,7)/b29-21+;. The predicted molar refractivity (Wildman–Crippen MR) is 149 cm³/mol. The second kappa shape index (κ2) is 15.6. The van der Waals surface area contributed by atoms with Crippen LogP contribution in [0.25, 0.3) is 0 Å². The molecule has 3 saturated heterocycles. The Balaban J connectivity index is 0.000000738. The molecular formula is C29H36F3N5O9. The Morgan fingerprint density at radius 1 is 1.04 bits per heavy atom. The summed E-state index contributed by atoms with van der Waals surface area (Å²) in [6.45, 7) is 4.94. The van der Waals surface area contributed by atoms with Gasteiger partial charge in [0.15, 0.2) is 6.54 Å². The van der Waals surface area contributed by atoms with Gasteiger partial charge < -0.3 is 34.6 Å². The quantitative estimate of drug-likeness (QED) is 0.107. The number of carbonyl (C=O) groups is 6. The molecule has 46 heavy (non-hydrogen) atoms. The smallest absolute Gasteiger partial charge is 0.430 e. The molecule has 3 fully saturated rings. The lowest BCUT2D eigenvalue weighted by atomic mass is 10.1. The Hall–Kier alpha value is -4.54. The highest BCUT2D eigenvalue weighted by atomic mass is 19.4. The van der Waals surface area contributed by atoms with E-state index in [1.807, 2.05) is 17.0 Å². The number of alkyl halides is 3. The first-order chi connectivity index (χ1) is 21.7. The molecule has 2 bridgehead atoms. The van der Waals surface area contributed by atoms with Crippen molar-refractivity contribution in [3.63, 3.8) is 0 Å². The Morgan fingerprint density at radius 3 is 2.24 bits per heavy atom. The average Bonchev–Trinajstić information content (AvgIpc) is 3.47. The molecule has 2 unspecified atom stereocenters. The maximum Gasteiger partial charge on any atom is 0.430 e. The van der Waals surface area contributed by atoms with E-state index < -0.39 is 29.9 Å². The summed E-state index contributed by atoms with van der Waals surface area (Å²) >= 11 is 0. The van der Waals surface area contributed by atoms with E-state index in [2.05, 4.69) is 17.4 Å². The number of carboxylic acids is 1. The number of oxime groups is 1. The zero-order valence-corrected chi connectivity index (χ0v) is 25.2. The molecule has 0 aliphatic carbocycles. The summed E-state index contributed by atoms with van der Waals surface area (Å²) in [7, 11) is 0. The van der Waals surface area contributed by atoms with Crippen LogP contribution in [0.1, 0.15) is 67.8 Å². The topological polar surface area (TPSA) is 186 Å². The Kier molecular flexibility index (Phi) is 12.2. The zero-order chi connectivity index (χ0) is 34.1. The molecule has 0 radical (unpaired) electrons. The van der Waals surface area contributed by atoms with Gasteiger partial charge in [-0.2, -0.15) is 13.2 Å². The van der Waals surface area contributed by atoms with Crippen LogP contribution in [0.15, 0.2) is 29.4 Å². The fourth-order valence-corrected chi connectivity index (χ4v) is 5.53. The van der Waals surface area contributed by atoms with Crippen LogP contribution in [0.4, 0.5) is 13.2 Å². The minimum absolute atomic E-state index is 0.0165. The van der Waals surface area contributed by atoms with Crippen molar-refractivity contribution in [2.45, 2.75) is 70.6 Å². The second-order valence-electron chi connectivity index (χ2n) is 11.3. The number of hydroxylamine groups is 2. The lowest BCUT2D eigenvalue weighted by Crippen LogP contribution is -2.60. The number of nitrogens with zero attached hydrogens (tertiary/aromatic N) is 4. The van der Waals surface area contributed by atoms with E-state index in [9.17, 15) is 42.4 Å². The van der Waals surface area contributed by atoms with E-state index >= 15 is 0 Å². The van der Waals surface area contributed by atoms with Gasteiger partial charge in [0.25, 0.3) is 23.6 Å². The molecule has 3 aliphatic heterocycles. The molecule has 1 aromatic carbocycles. The van der Waals surface area contributed by atoms with E-state index in [0.29, 0.717) is 53.5 Å². The number of unbranched alkanes of at least 4 members (excludes halogenated alkanes) is 3. The number of halogens is 3. The molecule has 3 heterocycles. The number of hydrogen-bond acceptors (Lipinski definition) is 10. The Morgan fingerprint density at radius 2 is 1.67 bits per heavy atom. The molecule has 1 aromatic rings. The third kappa shape index (κ3) is 9.48. The summed E-state index contributed by atoms with van der Waals surface area (Å²) in [6.07, 6.45) is -1.08. The Labute approximate surface area is 262 Å². The first-order valence-corrected chi connectivity index (χ1v) is 14.8. The molecule has 2 N–H and O–H groups in total. The summed E-state index contributed by atoms with van der Waals surface area (Å²) in [5.74, 6) is -5.20. The first-order valence-electron chi connectivity index (χ1n) is 14.8. The SMILES string of the molecule is CCCCCCN1C(=O)C[N+]2(Cc3ccc(C(=O)NCCC(=O)ON4C(=O)CCC4=O)cc3)C/C(=N\O)C1C2.O=C([O-])C(F)(F)F. The predicted octanol–water partition coefficient (Wildman–Crippen LogP) is 0.664. The highest BCUT2D eigenvalue weighted by Crippen LogP contribution is 2.31. The number of hydrogen-bond donors (Lipinski definition) is 2. The summed E-state index contributed by atoms with van der Waals surface area (Å²) in [6, 6.07) is 6.86. The van der Waals surface area contributed by atoms with Gasteiger partial charge in [0.05, 0.1) is 6.42 Å². The lowest BCUT2D eigenvalue weighted by Gasteiger charge is -2.40. The van der Waals surface area contributed by atoms with Crippen molar-refractivity contribution in [1.29, 1.82) is 0 Å². The number of carboxylic acid groups (broad SMARTS) is 1. The van der Waals surface area contributed by atoms with Crippen molar-refractivity contribution in [3.05, 3.63) is 35.4 Å². The van der Waals surface area contributed by atoms with Crippen LogP contribution in [0, 0.1) is 0 Å². The molecule has 3 aliphatic rings. The van der Waals surface area contributed by atoms with Gasteiger partial charge in [0.2, 0.25) is 0 Å².